The predicted octanol–water partition coefficient (Wildman–Crippen LogP) is 3.63. The number of carbonyl (C=O) groups is 2. The number of nitrogens with zero attached hydrogens (tertiary/aromatic N) is 2. The average molecular weight is 498 g/mol. The first-order valence-corrected chi connectivity index (χ1v) is 13.9. The molecule has 0 aromatic heterocycles. The van der Waals surface area contributed by atoms with E-state index in [9.17, 15) is 18.0 Å². The van der Waals surface area contributed by atoms with Gasteiger partial charge in [0.1, 0.15) is 5.54 Å². The lowest BCUT2D eigenvalue weighted by molar-refractivity contribution is -0.157. The van der Waals surface area contributed by atoms with Gasteiger partial charge in [0.25, 0.3) is 0 Å². The smallest absolute Gasteiger partial charge is 0.247 e. The Bertz CT molecular complexity index is 1140. The molecular formula is C27H35N3O4S. The second-order valence-electron chi connectivity index (χ2n) is 9.94. The maximum absolute atomic E-state index is 13.7. The van der Waals surface area contributed by atoms with Gasteiger partial charge in [-0.25, -0.2) is 8.42 Å². The highest BCUT2D eigenvalue weighted by molar-refractivity contribution is 7.89. The molecule has 2 aromatic rings. The third-order valence-corrected chi connectivity index (χ3v) is 9.04. The Morgan fingerprint density at radius 1 is 1.00 bits per heavy atom. The fourth-order valence-electron chi connectivity index (χ4n) is 5.27. The molecule has 0 bridgehead atoms. The normalized spacial score (nSPS) is 22.6. The molecule has 0 spiro atoms. The Balaban J connectivity index is 1.64. The summed E-state index contributed by atoms with van der Waals surface area (Å²) in [5.74, 6) is -0.640. The van der Waals surface area contributed by atoms with E-state index in [2.05, 4.69) is 5.32 Å². The second-order valence-corrected chi connectivity index (χ2v) is 11.9. The van der Waals surface area contributed by atoms with E-state index in [4.69, 9.17) is 0 Å². The molecule has 0 unspecified atom stereocenters. The van der Waals surface area contributed by atoms with Gasteiger partial charge in [0.15, 0.2) is 0 Å². The highest BCUT2D eigenvalue weighted by Gasteiger charge is 2.52. The molecule has 2 amide bonds. The van der Waals surface area contributed by atoms with Gasteiger partial charge in [0.05, 0.1) is 11.4 Å². The molecule has 1 saturated carbocycles. The lowest BCUT2D eigenvalue weighted by atomic mass is 9.91. The number of nitrogens with one attached hydrogen (secondary N) is 1. The van der Waals surface area contributed by atoms with Crippen molar-refractivity contribution in [3.05, 3.63) is 65.7 Å². The minimum Gasteiger partial charge on any atom is -0.350 e. The molecule has 2 fully saturated rings. The van der Waals surface area contributed by atoms with Gasteiger partial charge in [-0.15, -0.1) is 0 Å². The summed E-state index contributed by atoms with van der Waals surface area (Å²) in [5.41, 5.74) is 0.771. The molecule has 1 heterocycles. The van der Waals surface area contributed by atoms with Gasteiger partial charge in [-0.3, -0.25) is 9.59 Å². The number of hydrogen-bond donors (Lipinski definition) is 1. The van der Waals surface area contributed by atoms with Crippen molar-refractivity contribution in [2.45, 2.75) is 75.4 Å². The number of aryl methyl sites for hydroxylation is 1. The molecule has 0 radical (unpaired) electrons. The Kier molecular flexibility index (Phi) is 7.62. The Labute approximate surface area is 208 Å². The Morgan fingerprint density at radius 3 is 2.26 bits per heavy atom. The van der Waals surface area contributed by atoms with Crippen molar-refractivity contribution in [3.8, 4) is 0 Å². The largest absolute Gasteiger partial charge is 0.350 e. The number of rotatable bonds is 6. The lowest BCUT2D eigenvalue weighted by Gasteiger charge is -2.50. The Hall–Kier alpha value is -2.71. The lowest BCUT2D eigenvalue weighted by Crippen LogP contribution is -2.71. The molecule has 2 aromatic carbocycles. The minimum absolute atomic E-state index is 0.0679. The van der Waals surface area contributed by atoms with E-state index < -0.39 is 15.6 Å². The molecule has 35 heavy (non-hydrogen) atoms. The summed E-state index contributed by atoms with van der Waals surface area (Å²) in [6, 6.07) is 15.9. The number of benzene rings is 2. The monoisotopic (exact) mass is 497 g/mol. The van der Waals surface area contributed by atoms with Crippen LogP contribution >= 0.6 is 0 Å². The standard InChI is InChI=1S/C27H35N3O4S/c1-21-14-16-22(17-15-21)18-28-26(32)27(2)20-29(35(33,34)24-12-8-5-9-13-24)19-25(31)30(27)23-10-6-3-4-7-11-23/h5,8-9,12-17,23H,3-4,6-7,10-11,18-20H2,1-2H3,(H,28,32)/t27-/m1/s1. The number of carbonyl (C=O) groups excluding carboxylic acids is 2. The fraction of sp³-hybridized carbons (Fsp3) is 0.481. The second kappa shape index (κ2) is 10.5. The molecule has 1 saturated heterocycles. The number of piperazine rings is 1. The molecule has 1 aliphatic carbocycles. The first-order chi connectivity index (χ1) is 16.7. The molecule has 1 N–H and O–H groups in total. The molecule has 188 valence electrons. The van der Waals surface area contributed by atoms with Gasteiger partial charge in [0, 0.05) is 19.1 Å². The Morgan fingerprint density at radius 2 is 1.63 bits per heavy atom. The van der Waals surface area contributed by atoms with Crippen molar-refractivity contribution in [1.82, 2.24) is 14.5 Å². The summed E-state index contributed by atoms with van der Waals surface area (Å²) < 4.78 is 28.0. The van der Waals surface area contributed by atoms with Gasteiger partial charge in [-0.2, -0.15) is 4.31 Å². The SMILES string of the molecule is Cc1ccc(CNC(=O)[C@@]2(C)CN(S(=O)(=O)c3ccccc3)CC(=O)N2C2CCCCCC2)cc1. The van der Waals surface area contributed by atoms with Crippen molar-refractivity contribution in [1.29, 1.82) is 0 Å². The third kappa shape index (κ3) is 5.43. The van der Waals surface area contributed by atoms with Crippen LogP contribution in [0, 0.1) is 6.92 Å². The summed E-state index contributed by atoms with van der Waals surface area (Å²) in [6.07, 6.45) is 5.89. The number of sulfonamides is 1. The molecule has 8 heteroatoms. The summed E-state index contributed by atoms with van der Waals surface area (Å²) in [6.45, 7) is 3.70. The quantitative estimate of drug-likeness (QED) is 0.618. The molecule has 1 atom stereocenters. The predicted molar refractivity (Wildman–Crippen MR) is 135 cm³/mol. The topological polar surface area (TPSA) is 86.8 Å². The van der Waals surface area contributed by atoms with Crippen molar-refractivity contribution in [2.24, 2.45) is 0 Å². The summed E-state index contributed by atoms with van der Waals surface area (Å²) >= 11 is 0. The van der Waals surface area contributed by atoms with Gasteiger partial charge in [0.2, 0.25) is 21.8 Å². The maximum Gasteiger partial charge on any atom is 0.247 e. The van der Waals surface area contributed by atoms with Crippen LogP contribution in [0.3, 0.4) is 0 Å². The zero-order chi connectivity index (χ0) is 25.1. The molecular weight excluding hydrogens is 462 g/mol. The van der Waals surface area contributed by atoms with E-state index in [0.29, 0.717) is 6.54 Å². The van der Waals surface area contributed by atoms with Crippen LogP contribution in [0.5, 0.6) is 0 Å². The zero-order valence-electron chi connectivity index (χ0n) is 20.6. The van der Waals surface area contributed by atoms with Crippen LogP contribution in [-0.4, -0.2) is 54.1 Å². The molecule has 1 aliphatic heterocycles. The fourth-order valence-corrected chi connectivity index (χ4v) is 6.77. The number of amides is 2. The van der Waals surface area contributed by atoms with Crippen molar-refractivity contribution in [2.75, 3.05) is 13.1 Å². The van der Waals surface area contributed by atoms with Crippen LogP contribution in [0.1, 0.15) is 56.6 Å². The van der Waals surface area contributed by atoms with Crippen molar-refractivity contribution < 1.29 is 18.0 Å². The first kappa shape index (κ1) is 25.4. The van der Waals surface area contributed by atoms with Crippen LogP contribution < -0.4 is 5.32 Å². The van der Waals surface area contributed by atoms with E-state index in [1.807, 2.05) is 31.2 Å². The zero-order valence-corrected chi connectivity index (χ0v) is 21.4. The van der Waals surface area contributed by atoms with Gasteiger partial charge in [-0.1, -0.05) is 73.7 Å². The van der Waals surface area contributed by atoms with Gasteiger partial charge >= 0.3 is 0 Å². The van der Waals surface area contributed by atoms with E-state index >= 15 is 0 Å². The molecule has 4 rings (SSSR count). The first-order valence-electron chi connectivity index (χ1n) is 12.4. The van der Waals surface area contributed by atoms with Crippen molar-refractivity contribution >= 4 is 21.8 Å². The minimum atomic E-state index is -3.93. The van der Waals surface area contributed by atoms with Crippen molar-refractivity contribution in [3.63, 3.8) is 0 Å². The third-order valence-electron chi connectivity index (χ3n) is 7.23. The van der Waals surface area contributed by atoms with E-state index in [1.54, 1.807) is 30.0 Å². The van der Waals surface area contributed by atoms with Gasteiger partial charge in [-0.05, 0) is 44.4 Å². The number of hydrogen-bond acceptors (Lipinski definition) is 4. The van der Waals surface area contributed by atoms with Crippen LogP contribution in [0.15, 0.2) is 59.5 Å². The van der Waals surface area contributed by atoms with Gasteiger partial charge < -0.3 is 10.2 Å². The average Bonchev–Trinajstić information content (AvgIpc) is 3.13. The molecule has 2 aliphatic rings. The van der Waals surface area contributed by atoms with E-state index in [-0.39, 0.29) is 35.8 Å². The summed E-state index contributed by atoms with van der Waals surface area (Å²) in [7, 11) is -3.93. The van der Waals surface area contributed by atoms with Crippen LogP contribution in [0.4, 0.5) is 0 Å². The van der Waals surface area contributed by atoms with E-state index in [1.165, 1.54) is 16.4 Å². The summed E-state index contributed by atoms with van der Waals surface area (Å²) in [5, 5.41) is 2.99. The highest BCUT2D eigenvalue weighted by atomic mass is 32.2. The highest BCUT2D eigenvalue weighted by Crippen LogP contribution is 2.33. The van der Waals surface area contributed by atoms with Crippen LogP contribution in [0.2, 0.25) is 0 Å². The van der Waals surface area contributed by atoms with Crippen LogP contribution in [0.25, 0.3) is 0 Å². The van der Waals surface area contributed by atoms with E-state index in [0.717, 1.165) is 49.7 Å². The molecule has 7 nitrogen and oxygen atoms in total. The van der Waals surface area contributed by atoms with Crippen LogP contribution in [-0.2, 0) is 26.2 Å². The summed E-state index contributed by atoms with van der Waals surface area (Å²) in [4.78, 5) is 29.1. The maximum atomic E-state index is 13.7.